The lowest BCUT2D eigenvalue weighted by Gasteiger charge is -2.12. The fourth-order valence-electron chi connectivity index (χ4n) is 3.83. The van der Waals surface area contributed by atoms with Gasteiger partial charge in [-0.05, 0) is 44.0 Å². The largest absolute Gasteiger partial charge is 0.490 e. The first kappa shape index (κ1) is 25.6. The third-order valence-corrected chi connectivity index (χ3v) is 5.90. The van der Waals surface area contributed by atoms with Gasteiger partial charge in [-0.15, -0.1) is 6.42 Å². The summed E-state index contributed by atoms with van der Waals surface area (Å²) in [6, 6.07) is 21.7. The smallest absolute Gasteiger partial charge is 0.238 e. The molecule has 0 aliphatic heterocycles. The maximum atomic E-state index is 10.1. The zero-order valence-electron chi connectivity index (χ0n) is 20.8. The Kier molecular flexibility index (Phi) is 7.98. The number of terminal acetylenes is 1. The van der Waals surface area contributed by atoms with E-state index in [1.54, 1.807) is 18.3 Å². The van der Waals surface area contributed by atoms with Crippen LogP contribution in [0, 0.1) is 37.5 Å². The van der Waals surface area contributed by atoms with Crippen LogP contribution >= 0.6 is 11.6 Å². The maximum absolute atomic E-state index is 10.1. The summed E-state index contributed by atoms with van der Waals surface area (Å²) in [7, 11) is 0. The van der Waals surface area contributed by atoms with Gasteiger partial charge < -0.3 is 13.9 Å². The summed E-state index contributed by atoms with van der Waals surface area (Å²) in [5.41, 5.74) is 5.68. The van der Waals surface area contributed by atoms with Gasteiger partial charge in [-0.1, -0.05) is 77.2 Å². The average Bonchev–Trinajstić information content (AvgIpc) is 3.26. The standard InChI is InChI=1S/C31H25ClN2O3/c1-5-15-36-30-26(32)16-22(17-27(30)35-6-2)19-34-31-25(18-33)28(23-11-7-20(3)8-12-23)29(37-31)24-13-9-21(4)10-14-24/h1,7-14,16-17,19H,6,15H2,2-4H3. The molecule has 0 saturated carbocycles. The van der Waals surface area contributed by atoms with Gasteiger partial charge in [0.25, 0.3) is 0 Å². The molecule has 0 aliphatic carbocycles. The molecule has 37 heavy (non-hydrogen) atoms. The topological polar surface area (TPSA) is 67.8 Å². The second kappa shape index (κ2) is 11.5. The summed E-state index contributed by atoms with van der Waals surface area (Å²) in [5, 5.41) is 10.5. The number of furan rings is 1. The van der Waals surface area contributed by atoms with Crippen molar-refractivity contribution in [2.45, 2.75) is 20.8 Å². The van der Waals surface area contributed by atoms with Crippen molar-refractivity contribution in [3.05, 3.63) is 87.9 Å². The molecular weight excluding hydrogens is 484 g/mol. The number of benzene rings is 3. The minimum Gasteiger partial charge on any atom is -0.490 e. The van der Waals surface area contributed by atoms with Crippen molar-refractivity contribution in [3.8, 4) is 52.4 Å². The number of nitriles is 1. The maximum Gasteiger partial charge on any atom is 0.238 e. The van der Waals surface area contributed by atoms with Crippen LogP contribution in [-0.4, -0.2) is 19.4 Å². The number of halogens is 1. The molecule has 0 N–H and O–H groups in total. The highest BCUT2D eigenvalue weighted by Crippen LogP contribution is 2.43. The van der Waals surface area contributed by atoms with Gasteiger partial charge in [0.2, 0.25) is 5.88 Å². The van der Waals surface area contributed by atoms with Gasteiger partial charge in [0.05, 0.1) is 11.6 Å². The molecule has 0 spiro atoms. The fourth-order valence-corrected chi connectivity index (χ4v) is 4.10. The SMILES string of the molecule is C#CCOc1c(Cl)cc(C=Nc2oc(-c3ccc(C)cc3)c(-c3ccc(C)cc3)c2C#N)cc1OCC. The van der Waals surface area contributed by atoms with E-state index in [9.17, 15) is 5.26 Å². The summed E-state index contributed by atoms with van der Waals surface area (Å²) in [6.07, 6.45) is 6.90. The number of aryl methyl sites for hydroxylation is 2. The molecule has 0 amide bonds. The number of rotatable bonds is 8. The van der Waals surface area contributed by atoms with Gasteiger partial charge in [0.15, 0.2) is 11.5 Å². The van der Waals surface area contributed by atoms with Crippen LogP contribution in [0.1, 0.15) is 29.2 Å². The van der Waals surface area contributed by atoms with E-state index < -0.39 is 0 Å². The van der Waals surface area contributed by atoms with Gasteiger partial charge in [0, 0.05) is 17.3 Å². The van der Waals surface area contributed by atoms with Crippen molar-refractivity contribution in [3.63, 3.8) is 0 Å². The Hall–Kier alpha value is -4.45. The van der Waals surface area contributed by atoms with Crippen molar-refractivity contribution >= 4 is 23.7 Å². The van der Waals surface area contributed by atoms with E-state index in [2.05, 4.69) is 17.0 Å². The van der Waals surface area contributed by atoms with Crippen molar-refractivity contribution in [1.29, 1.82) is 5.26 Å². The Balaban J connectivity index is 1.82. The Morgan fingerprint density at radius 3 is 2.24 bits per heavy atom. The van der Waals surface area contributed by atoms with E-state index >= 15 is 0 Å². The number of aliphatic imine (C=N–C) groups is 1. The van der Waals surface area contributed by atoms with Crippen molar-refractivity contribution in [1.82, 2.24) is 0 Å². The second-order valence-electron chi connectivity index (χ2n) is 8.34. The lowest BCUT2D eigenvalue weighted by atomic mass is 9.97. The molecule has 0 unspecified atom stereocenters. The molecule has 6 heteroatoms. The van der Waals surface area contributed by atoms with Gasteiger partial charge in [-0.2, -0.15) is 5.26 Å². The van der Waals surface area contributed by atoms with Crippen LogP contribution in [0.4, 0.5) is 5.88 Å². The summed E-state index contributed by atoms with van der Waals surface area (Å²) >= 11 is 6.45. The first-order chi connectivity index (χ1) is 17.9. The first-order valence-electron chi connectivity index (χ1n) is 11.7. The number of nitrogens with zero attached hydrogens (tertiary/aromatic N) is 2. The molecule has 4 rings (SSSR count). The predicted octanol–water partition coefficient (Wildman–Crippen LogP) is 7.92. The van der Waals surface area contributed by atoms with Gasteiger partial charge >= 0.3 is 0 Å². The van der Waals surface area contributed by atoms with Crippen molar-refractivity contribution in [2.75, 3.05) is 13.2 Å². The Labute approximate surface area is 221 Å². The average molecular weight is 509 g/mol. The molecule has 4 aromatic rings. The molecule has 0 atom stereocenters. The van der Waals surface area contributed by atoms with Crippen LogP contribution < -0.4 is 9.47 Å². The van der Waals surface area contributed by atoms with Crippen LogP contribution in [0.15, 0.2) is 70.1 Å². The molecule has 0 bridgehead atoms. The van der Waals surface area contributed by atoms with Crippen molar-refractivity contribution < 1.29 is 13.9 Å². The van der Waals surface area contributed by atoms with E-state index in [1.165, 1.54) is 0 Å². The minimum absolute atomic E-state index is 0.0642. The highest BCUT2D eigenvalue weighted by atomic mass is 35.5. The molecule has 1 aromatic heterocycles. The third-order valence-electron chi connectivity index (χ3n) is 5.62. The molecule has 5 nitrogen and oxygen atoms in total. The summed E-state index contributed by atoms with van der Waals surface area (Å²) in [6.45, 7) is 6.38. The molecule has 184 valence electrons. The minimum atomic E-state index is 0.0642. The van der Waals surface area contributed by atoms with E-state index in [0.717, 1.165) is 22.3 Å². The lowest BCUT2D eigenvalue weighted by Crippen LogP contribution is -2.01. The number of ether oxygens (including phenoxy) is 2. The Morgan fingerprint density at radius 2 is 1.65 bits per heavy atom. The van der Waals surface area contributed by atoms with Gasteiger partial charge in [-0.25, -0.2) is 4.99 Å². The highest BCUT2D eigenvalue weighted by Gasteiger charge is 2.23. The zero-order valence-corrected chi connectivity index (χ0v) is 21.6. The molecule has 0 radical (unpaired) electrons. The molecule has 1 heterocycles. The van der Waals surface area contributed by atoms with E-state index in [0.29, 0.717) is 45.6 Å². The van der Waals surface area contributed by atoms with Gasteiger partial charge in [-0.3, -0.25) is 0 Å². The van der Waals surface area contributed by atoms with Gasteiger partial charge in [0.1, 0.15) is 24.0 Å². The van der Waals surface area contributed by atoms with Crippen LogP contribution in [0.2, 0.25) is 5.02 Å². The predicted molar refractivity (Wildman–Crippen MR) is 148 cm³/mol. The molecule has 3 aromatic carbocycles. The Morgan fingerprint density at radius 1 is 1.00 bits per heavy atom. The van der Waals surface area contributed by atoms with E-state index in [-0.39, 0.29) is 12.5 Å². The van der Waals surface area contributed by atoms with Crippen molar-refractivity contribution in [2.24, 2.45) is 4.99 Å². The Bertz CT molecular complexity index is 1520. The first-order valence-corrected chi connectivity index (χ1v) is 12.1. The monoisotopic (exact) mass is 508 g/mol. The lowest BCUT2D eigenvalue weighted by molar-refractivity contribution is 0.299. The molecule has 0 aliphatic rings. The second-order valence-corrected chi connectivity index (χ2v) is 8.75. The van der Waals surface area contributed by atoms with Crippen LogP contribution in [0.25, 0.3) is 22.5 Å². The molecule has 0 saturated heterocycles. The van der Waals surface area contributed by atoms with Crippen LogP contribution in [0.3, 0.4) is 0 Å². The summed E-state index contributed by atoms with van der Waals surface area (Å²) in [5.74, 6) is 4.03. The van der Waals surface area contributed by atoms with E-state index in [4.69, 9.17) is 31.9 Å². The third kappa shape index (κ3) is 5.70. The molecule has 0 fully saturated rings. The quantitative estimate of drug-likeness (QED) is 0.179. The van der Waals surface area contributed by atoms with E-state index in [1.807, 2.05) is 69.3 Å². The normalized spacial score (nSPS) is 10.8. The summed E-state index contributed by atoms with van der Waals surface area (Å²) < 4.78 is 17.5. The van der Waals surface area contributed by atoms with Crippen LogP contribution in [-0.2, 0) is 0 Å². The zero-order chi connectivity index (χ0) is 26.4. The fraction of sp³-hybridized carbons (Fsp3) is 0.161. The summed E-state index contributed by atoms with van der Waals surface area (Å²) in [4.78, 5) is 4.55. The molecular formula is C31H25ClN2O3. The number of hydrogen-bond donors (Lipinski definition) is 0. The number of hydrogen-bond acceptors (Lipinski definition) is 5. The highest BCUT2D eigenvalue weighted by molar-refractivity contribution is 6.32. The van der Waals surface area contributed by atoms with Crippen LogP contribution in [0.5, 0.6) is 11.5 Å².